The molecule has 4 heterocycles. The summed E-state index contributed by atoms with van der Waals surface area (Å²) < 4.78 is 5.31. The molecule has 2 saturated heterocycles. The molecule has 4 amide bonds. The fourth-order valence-electron chi connectivity index (χ4n) is 6.40. The van der Waals surface area contributed by atoms with Crippen LogP contribution in [0.5, 0.6) is 0 Å². The van der Waals surface area contributed by atoms with E-state index in [-0.39, 0.29) is 36.5 Å². The molecule has 0 saturated carbocycles. The Hall–Kier alpha value is -4.85. The number of hydrogen-bond acceptors (Lipinski definition) is 9. The molecule has 0 bridgehead atoms. The van der Waals surface area contributed by atoms with Gasteiger partial charge in [0, 0.05) is 54.3 Å². The Bertz CT molecular complexity index is 1800. The Balaban J connectivity index is 1.06. The van der Waals surface area contributed by atoms with E-state index < -0.39 is 30.1 Å². The summed E-state index contributed by atoms with van der Waals surface area (Å²) in [6.45, 7) is 5.15. The molecule has 0 aliphatic carbocycles. The van der Waals surface area contributed by atoms with Gasteiger partial charge in [-0.1, -0.05) is 24.3 Å². The predicted molar refractivity (Wildman–Crippen MR) is 189 cm³/mol. The second kappa shape index (κ2) is 15.4. The number of Topliss-reactive ketones (excluding diaryl/α,β-unsaturated/α-hetero) is 1. The number of nitrogens with one attached hydrogen (secondary N) is 4. The molecule has 4 atom stereocenters. The van der Waals surface area contributed by atoms with Crippen molar-refractivity contribution in [1.82, 2.24) is 31.5 Å². The lowest BCUT2D eigenvalue weighted by molar-refractivity contribution is -0.133. The Morgan fingerprint density at radius 2 is 1.76 bits per heavy atom. The monoisotopic (exact) mass is 698 g/mol. The SMILES string of the molecule is CC1NN(C)C=C1C(=O)c1cc(-c2cccs2)cc([C@@H](C)NC(=O)c2ccccc2CCC(=O)NNC(=O)[C@H]2OC2C(=O)N2CCCCC2)c1. The van der Waals surface area contributed by atoms with Crippen LogP contribution in [0.15, 0.2) is 71.8 Å². The van der Waals surface area contributed by atoms with Gasteiger partial charge in [0.15, 0.2) is 18.0 Å². The van der Waals surface area contributed by atoms with Crippen molar-refractivity contribution in [3.05, 3.63) is 94.0 Å². The minimum Gasteiger partial charge on any atom is -0.349 e. The first-order valence-electron chi connectivity index (χ1n) is 16.9. The van der Waals surface area contributed by atoms with Crippen LogP contribution in [0.25, 0.3) is 10.4 Å². The van der Waals surface area contributed by atoms with Gasteiger partial charge in [-0.2, -0.15) is 0 Å². The molecule has 1 aromatic heterocycles. The lowest BCUT2D eigenvalue weighted by Crippen LogP contribution is -2.45. The van der Waals surface area contributed by atoms with Crippen molar-refractivity contribution in [3.63, 3.8) is 0 Å². The number of carbonyl (C=O) groups is 5. The number of carbonyl (C=O) groups excluding carboxylic acids is 5. The topological polar surface area (TPSA) is 152 Å². The maximum absolute atomic E-state index is 13.6. The lowest BCUT2D eigenvalue weighted by atomic mass is 9.94. The molecule has 50 heavy (non-hydrogen) atoms. The minimum atomic E-state index is -0.918. The Labute approximate surface area is 295 Å². The molecule has 4 N–H and O–H groups in total. The first kappa shape index (κ1) is 35.0. The van der Waals surface area contributed by atoms with E-state index in [9.17, 15) is 24.0 Å². The highest BCUT2D eigenvalue weighted by atomic mass is 32.1. The van der Waals surface area contributed by atoms with Gasteiger partial charge < -0.3 is 20.0 Å². The third-order valence-corrected chi connectivity index (χ3v) is 10.1. The van der Waals surface area contributed by atoms with Gasteiger partial charge in [0.2, 0.25) is 5.91 Å². The number of ketones is 1. The van der Waals surface area contributed by atoms with Crippen molar-refractivity contribution in [2.24, 2.45) is 0 Å². The van der Waals surface area contributed by atoms with Crippen molar-refractivity contribution in [2.75, 3.05) is 20.1 Å². The maximum Gasteiger partial charge on any atom is 0.270 e. The summed E-state index contributed by atoms with van der Waals surface area (Å²) in [5, 5.41) is 6.84. The van der Waals surface area contributed by atoms with Gasteiger partial charge in [0.1, 0.15) is 0 Å². The van der Waals surface area contributed by atoms with E-state index in [0.29, 0.717) is 35.4 Å². The average Bonchev–Trinajstić information content (AvgIpc) is 3.58. The van der Waals surface area contributed by atoms with Crippen LogP contribution in [0.3, 0.4) is 0 Å². The van der Waals surface area contributed by atoms with Gasteiger partial charge in [-0.15, -0.1) is 11.3 Å². The molecule has 3 aliphatic heterocycles. The molecule has 6 rings (SSSR count). The number of hydrazine groups is 2. The summed E-state index contributed by atoms with van der Waals surface area (Å²) in [6, 6.07) is 16.2. The molecule has 0 spiro atoms. The molecule has 2 aromatic carbocycles. The number of epoxide rings is 1. The van der Waals surface area contributed by atoms with Gasteiger partial charge in [0.25, 0.3) is 17.7 Å². The van der Waals surface area contributed by atoms with E-state index in [0.717, 1.165) is 35.3 Å². The number of thiophene rings is 1. The van der Waals surface area contributed by atoms with E-state index in [1.165, 1.54) is 0 Å². The standard InChI is InChI=1S/C37H42N6O6S/c1-22(25-18-26(30-12-9-17-50-30)20-27(19-25)32(45)29-21-42(3)41-23(29)2)38-35(46)28-11-6-5-10-24(28)13-14-31(44)39-40-36(47)33-34(49-33)37(48)43-15-7-4-8-16-43/h5-6,9-12,17-23,33-34,41H,4,7-8,13-16H2,1-3H3,(H,38,46)(H,39,44)(H,40,47)/t22-,23?,33+,34?/m1/s1. The second-order valence-electron chi connectivity index (χ2n) is 12.9. The Kier molecular flexibility index (Phi) is 10.8. The highest BCUT2D eigenvalue weighted by Gasteiger charge is 2.52. The fourth-order valence-corrected chi connectivity index (χ4v) is 7.11. The third kappa shape index (κ3) is 8.12. The van der Waals surface area contributed by atoms with Crippen LogP contribution < -0.4 is 21.6 Å². The van der Waals surface area contributed by atoms with Gasteiger partial charge in [-0.25, -0.2) is 5.43 Å². The molecular weight excluding hydrogens is 657 g/mol. The number of amides is 4. The number of aryl methyl sites for hydroxylation is 1. The van der Waals surface area contributed by atoms with Gasteiger partial charge in [0.05, 0.1) is 12.1 Å². The van der Waals surface area contributed by atoms with Crippen LogP contribution in [0, 0.1) is 0 Å². The minimum absolute atomic E-state index is 0.00837. The number of benzene rings is 2. The molecule has 3 aromatic rings. The number of ether oxygens (including phenoxy) is 1. The quantitative estimate of drug-likeness (QED) is 0.135. The van der Waals surface area contributed by atoms with Gasteiger partial charge >= 0.3 is 0 Å². The summed E-state index contributed by atoms with van der Waals surface area (Å²) in [5.41, 5.74) is 11.9. The van der Waals surface area contributed by atoms with Crippen molar-refractivity contribution >= 4 is 40.7 Å². The second-order valence-corrected chi connectivity index (χ2v) is 13.9. The maximum atomic E-state index is 13.6. The van der Waals surface area contributed by atoms with E-state index in [1.807, 2.05) is 56.6 Å². The molecule has 2 unspecified atom stereocenters. The van der Waals surface area contributed by atoms with Crippen LogP contribution in [0.4, 0.5) is 0 Å². The zero-order valence-electron chi connectivity index (χ0n) is 28.4. The summed E-state index contributed by atoms with van der Waals surface area (Å²) in [4.78, 5) is 67.7. The summed E-state index contributed by atoms with van der Waals surface area (Å²) in [5.74, 6) is -1.61. The first-order chi connectivity index (χ1) is 24.1. The molecule has 3 aliphatic rings. The fraction of sp³-hybridized carbons (Fsp3) is 0.378. The first-order valence-corrected chi connectivity index (χ1v) is 17.8. The highest BCUT2D eigenvalue weighted by Crippen LogP contribution is 2.31. The smallest absolute Gasteiger partial charge is 0.270 e. The zero-order chi connectivity index (χ0) is 35.4. The van der Waals surface area contributed by atoms with E-state index in [1.54, 1.807) is 51.7 Å². The molecule has 2 fully saturated rings. The predicted octanol–water partition coefficient (Wildman–Crippen LogP) is 3.67. The van der Waals surface area contributed by atoms with Crippen molar-refractivity contribution in [2.45, 2.75) is 70.2 Å². The number of likely N-dealkylation sites (tertiary alicyclic amines) is 1. The van der Waals surface area contributed by atoms with Gasteiger partial charge in [-0.05, 0) is 91.9 Å². The summed E-state index contributed by atoms with van der Waals surface area (Å²) in [7, 11) is 1.85. The largest absolute Gasteiger partial charge is 0.349 e. The number of piperidine rings is 1. The van der Waals surface area contributed by atoms with Crippen LogP contribution in [-0.2, 0) is 25.5 Å². The summed E-state index contributed by atoms with van der Waals surface area (Å²) in [6.07, 6.45) is 3.30. The van der Waals surface area contributed by atoms with E-state index in [2.05, 4.69) is 21.6 Å². The third-order valence-electron chi connectivity index (χ3n) is 9.20. The molecular formula is C37H42N6O6S. The van der Waals surface area contributed by atoms with E-state index >= 15 is 0 Å². The summed E-state index contributed by atoms with van der Waals surface area (Å²) >= 11 is 1.58. The van der Waals surface area contributed by atoms with Crippen LogP contribution in [0.2, 0.25) is 0 Å². The normalized spacial score (nSPS) is 20.5. The van der Waals surface area contributed by atoms with Crippen LogP contribution >= 0.6 is 11.3 Å². The highest BCUT2D eigenvalue weighted by molar-refractivity contribution is 7.13. The van der Waals surface area contributed by atoms with Crippen molar-refractivity contribution in [1.29, 1.82) is 0 Å². The molecule has 13 heteroatoms. The average molecular weight is 699 g/mol. The van der Waals surface area contributed by atoms with Crippen molar-refractivity contribution < 1.29 is 28.7 Å². The van der Waals surface area contributed by atoms with Gasteiger partial charge in [-0.3, -0.25) is 34.8 Å². The Morgan fingerprint density at radius 1 is 0.980 bits per heavy atom. The zero-order valence-corrected chi connectivity index (χ0v) is 29.2. The molecule has 12 nitrogen and oxygen atoms in total. The van der Waals surface area contributed by atoms with Crippen molar-refractivity contribution in [3.8, 4) is 10.4 Å². The van der Waals surface area contributed by atoms with Crippen LogP contribution in [0.1, 0.15) is 77.4 Å². The Morgan fingerprint density at radius 3 is 2.48 bits per heavy atom. The number of nitrogens with zero attached hydrogens (tertiary/aromatic N) is 2. The number of rotatable bonds is 11. The molecule has 0 radical (unpaired) electrons. The lowest BCUT2D eigenvalue weighted by Gasteiger charge is -2.25. The molecule has 262 valence electrons. The van der Waals surface area contributed by atoms with E-state index in [4.69, 9.17) is 4.74 Å². The van der Waals surface area contributed by atoms with Crippen LogP contribution in [-0.4, -0.2) is 77.7 Å². The number of hydrogen-bond donors (Lipinski definition) is 4.